The summed E-state index contributed by atoms with van der Waals surface area (Å²) in [6.07, 6.45) is 7.37. The van der Waals surface area contributed by atoms with Crippen LogP contribution in [0, 0.1) is 5.82 Å². The maximum Gasteiger partial charge on any atom is 0.305 e. The molecule has 0 bridgehead atoms. The molecule has 1 unspecified atom stereocenters. The van der Waals surface area contributed by atoms with Gasteiger partial charge in [0.2, 0.25) is 6.41 Å². The second-order valence-corrected chi connectivity index (χ2v) is 9.80. The van der Waals surface area contributed by atoms with Crippen LogP contribution in [-0.4, -0.2) is 46.2 Å². The van der Waals surface area contributed by atoms with Gasteiger partial charge in [0, 0.05) is 17.8 Å². The molecular formula is C30H38FN3O4. The van der Waals surface area contributed by atoms with Crippen LogP contribution in [0.5, 0.6) is 0 Å². The Morgan fingerprint density at radius 1 is 1.11 bits per heavy atom. The fourth-order valence-electron chi connectivity index (χ4n) is 5.26. The minimum absolute atomic E-state index is 0.0545. The number of nitrogens with zero attached hydrogens (tertiary/aromatic N) is 2. The minimum atomic E-state index is -0.972. The summed E-state index contributed by atoms with van der Waals surface area (Å²) in [7, 11) is 0. The first kappa shape index (κ1) is 29.0. The van der Waals surface area contributed by atoms with E-state index in [1.54, 1.807) is 18.2 Å². The number of carboxylic acid groups (broad SMARTS) is 1. The van der Waals surface area contributed by atoms with Gasteiger partial charge in [-0.15, -0.1) is 0 Å². The Hall–Kier alpha value is -3.55. The normalized spacial score (nSPS) is 15.9. The molecule has 1 aliphatic rings. The second kappa shape index (κ2) is 13.8. The van der Waals surface area contributed by atoms with E-state index in [1.807, 2.05) is 30.0 Å². The molecule has 1 atom stereocenters. The Labute approximate surface area is 224 Å². The molecule has 0 aliphatic heterocycles. The number of aliphatic imine (C=N–C) groups is 1. The minimum Gasteiger partial charge on any atom is -0.481 e. The summed E-state index contributed by atoms with van der Waals surface area (Å²) >= 11 is 0. The van der Waals surface area contributed by atoms with Crippen molar-refractivity contribution in [3.8, 4) is 0 Å². The maximum atomic E-state index is 14.0. The summed E-state index contributed by atoms with van der Waals surface area (Å²) in [6, 6.07) is 13.3. The standard InChI is InChI=1S/C30H38FN3O4/c1-3-9-27(22-12-14-23(15-13-22)29(38)32-19-16-28(36)37)34(21-35)30(17-6-5-7-18-30)33-26(4-2)24-10-8-11-25(31)20-24/h8,10-15,20-21,27H,3-7,9,16-19H2,1-2H3,(H,32,38)(H,36,37)/b33-26+. The second-order valence-electron chi connectivity index (χ2n) is 9.80. The Morgan fingerprint density at radius 2 is 1.82 bits per heavy atom. The molecule has 1 fully saturated rings. The highest BCUT2D eigenvalue weighted by molar-refractivity contribution is 6.00. The van der Waals surface area contributed by atoms with Gasteiger partial charge in [0.25, 0.3) is 5.91 Å². The van der Waals surface area contributed by atoms with Crippen LogP contribution in [0.4, 0.5) is 4.39 Å². The van der Waals surface area contributed by atoms with Gasteiger partial charge >= 0.3 is 5.97 Å². The maximum absolute atomic E-state index is 14.0. The molecule has 3 rings (SSSR count). The number of carbonyl (C=O) groups is 3. The van der Waals surface area contributed by atoms with Crippen molar-refractivity contribution < 1.29 is 23.9 Å². The Morgan fingerprint density at radius 3 is 2.39 bits per heavy atom. The summed E-state index contributed by atoms with van der Waals surface area (Å²) < 4.78 is 14.0. The third-order valence-corrected chi connectivity index (χ3v) is 7.16. The molecule has 204 valence electrons. The van der Waals surface area contributed by atoms with Crippen molar-refractivity contribution in [1.82, 2.24) is 10.2 Å². The number of aliphatic carboxylic acids is 1. The van der Waals surface area contributed by atoms with Gasteiger partial charge in [-0.2, -0.15) is 0 Å². The number of hydrogen-bond donors (Lipinski definition) is 2. The third-order valence-electron chi connectivity index (χ3n) is 7.16. The van der Waals surface area contributed by atoms with Crippen molar-refractivity contribution >= 4 is 24.0 Å². The SMILES string of the molecule is CCCC(c1ccc(C(=O)NCCC(=O)O)cc1)N(C=O)C1(/N=C(\CC)c2cccc(F)c2)CCCCC1. The summed E-state index contributed by atoms with van der Waals surface area (Å²) in [5.74, 6) is -1.63. The highest BCUT2D eigenvalue weighted by atomic mass is 19.1. The largest absolute Gasteiger partial charge is 0.481 e. The summed E-state index contributed by atoms with van der Waals surface area (Å²) in [6.45, 7) is 4.12. The molecule has 1 saturated carbocycles. The molecule has 0 aromatic heterocycles. The Balaban J connectivity index is 1.96. The molecule has 0 radical (unpaired) electrons. The number of halogens is 1. The molecule has 2 N–H and O–H groups in total. The molecule has 7 nitrogen and oxygen atoms in total. The van der Waals surface area contributed by atoms with Crippen LogP contribution in [-0.2, 0) is 9.59 Å². The summed E-state index contributed by atoms with van der Waals surface area (Å²) in [4.78, 5) is 43.0. The van der Waals surface area contributed by atoms with Crippen LogP contribution in [0.2, 0.25) is 0 Å². The molecule has 1 aliphatic carbocycles. The van der Waals surface area contributed by atoms with Gasteiger partial charge in [-0.05, 0) is 73.9 Å². The average molecular weight is 524 g/mol. The smallest absolute Gasteiger partial charge is 0.305 e. The number of carbonyl (C=O) groups excluding carboxylic acids is 2. The van der Waals surface area contributed by atoms with E-state index in [2.05, 4.69) is 12.2 Å². The molecule has 0 spiro atoms. The lowest BCUT2D eigenvalue weighted by atomic mass is 9.85. The van der Waals surface area contributed by atoms with E-state index in [4.69, 9.17) is 10.1 Å². The van der Waals surface area contributed by atoms with Gasteiger partial charge in [0.15, 0.2) is 0 Å². The first-order valence-electron chi connectivity index (χ1n) is 13.5. The van der Waals surface area contributed by atoms with Gasteiger partial charge in [-0.25, -0.2) is 4.39 Å². The third kappa shape index (κ3) is 7.27. The van der Waals surface area contributed by atoms with Crippen LogP contribution in [0.1, 0.15) is 99.2 Å². The number of amides is 2. The molecule has 0 heterocycles. The molecule has 8 heteroatoms. The fourth-order valence-corrected chi connectivity index (χ4v) is 5.26. The first-order valence-corrected chi connectivity index (χ1v) is 13.5. The van der Waals surface area contributed by atoms with Gasteiger partial charge in [-0.1, -0.05) is 51.0 Å². The average Bonchev–Trinajstić information content (AvgIpc) is 2.92. The molecule has 2 aromatic rings. The molecule has 38 heavy (non-hydrogen) atoms. The molecule has 0 saturated heterocycles. The first-order chi connectivity index (χ1) is 18.3. The summed E-state index contributed by atoms with van der Waals surface area (Å²) in [5.41, 5.74) is 2.11. The number of carboxylic acids is 1. The zero-order valence-electron chi connectivity index (χ0n) is 22.3. The van der Waals surface area contributed by atoms with Gasteiger partial charge in [0.05, 0.1) is 12.5 Å². The molecule has 2 amide bonds. The lowest BCUT2D eigenvalue weighted by Gasteiger charge is -2.46. The highest BCUT2D eigenvalue weighted by Gasteiger charge is 2.41. The topological polar surface area (TPSA) is 99.1 Å². The van der Waals surface area contributed by atoms with Crippen molar-refractivity contribution in [3.63, 3.8) is 0 Å². The number of benzene rings is 2. The van der Waals surface area contributed by atoms with Gasteiger partial charge < -0.3 is 15.3 Å². The zero-order chi connectivity index (χ0) is 27.5. The van der Waals surface area contributed by atoms with E-state index in [0.717, 1.165) is 68.2 Å². The lowest BCUT2D eigenvalue weighted by Crippen LogP contribution is -2.50. The Kier molecular flexibility index (Phi) is 10.6. The van der Waals surface area contributed by atoms with Crippen molar-refractivity contribution in [2.45, 2.75) is 83.3 Å². The van der Waals surface area contributed by atoms with E-state index in [0.29, 0.717) is 12.0 Å². The van der Waals surface area contributed by atoms with Crippen molar-refractivity contribution in [1.29, 1.82) is 0 Å². The van der Waals surface area contributed by atoms with Crippen LogP contribution < -0.4 is 5.32 Å². The predicted octanol–water partition coefficient (Wildman–Crippen LogP) is 5.89. The zero-order valence-corrected chi connectivity index (χ0v) is 22.3. The lowest BCUT2D eigenvalue weighted by molar-refractivity contribution is -0.136. The quantitative estimate of drug-likeness (QED) is 0.253. The van der Waals surface area contributed by atoms with E-state index in [1.165, 1.54) is 12.1 Å². The van der Waals surface area contributed by atoms with Gasteiger partial charge in [-0.3, -0.25) is 19.4 Å². The number of nitrogens with one attached hydrogen (secondary N) is 1. The summed E-state index contributed by atoms with van der Waals surface area (Å²) in [5, 5.41) is 11.4. The van der Waals surface area contributed by atoms with Crippen LogP contribution in [0.15, 0.2) is 53.5 Å². The molecular weight excluding hydrogens is 485 g/mol. The van der Waals surface area contributed by atoms with Crippen molar-refractivity contribution in [3.05, 3.63) is 71.0 Å². The van der Waals surface area contributed by atoms with E-state index < -0.39 is 11.6 Å². The van der Waals surface area contributed by atoms with E-state index in [-0.39, 0.29) is 30.7 Å². The number of rotatable bonds is 13. The highest BCUT2D eigenvalue weighted by Crippen LogP contribution is 2.41. The predicted molar refractivity (Wildman–Crippen MR) is 146 cm³/mol. The van der Waals surface area contributed by atoms with Crippen LogP contribution in [0.25, 0.3) is 0 Å². The van der Waals surface area contributed by atoms with E-state index >= 15 is 0 Å². The molecule has 2 aromatic carbocycles. The van der Waals surface area contributed by atoms with Crippen LogP contribution >= 0.6 is 0 Å². The van der Waals surface area contributed by atoms with E-state index in [9.17, 15) is 18.8 Å². The van der Waals surface area contributed by atoms with Crippen molar-refractivity contribution in [2.75, 3.05) is 6.54 Å². The van der Waals surface area contributed by atoms with Crippen molar-refractivity contribution in [2.24, 2.45) is 4.99 Å². The Bertz CT molecular complexity index is 1130. The number of hydrogen-bond acceptors (Lipinski definition) is 4. The fraction of sp³-hybridized carbons (Fsp3) is 0.467. The van der Waals surface area contributed by atoms with Gasteiger partial charge in [0.1, 0.15) is 11.5 Å². The monoisotopic (exact) mass is 523 g/mol. The van der Waals surface area contributed by atoms with Crippen LogP contribution in [0.3, 0.4) is 0 Å².